The number of aromatic nitrogens is 2. The van der Waals surface area contributed by atoms with E-state index in [0.29, 0.717) is 6.54 Å². The first kappa shape index (κ1) is 19.6. The number of nitrogens with one attached hydrogen (secondary N) is 2. The molecule has 9 heteroatoms. The molecule has 28 heavy (non-hydrogen) atoms. The number of urea groups is 1. The van der Waals surface area contributed by atoms with Crippen LogP contribution in [0.3, 0.4) is 0 Å². The number of benzene rings is 2. The third-order valence-corrected chi connectivity index (χ3v) is 4.62. The van der Waals surface area contributed by atoms with Gasteiger partial charge in [0.2, 0.25) is 5.91 Å². The molecule has 0 saturated carbocycles. The summed E-state index contributed by atoms with van der Waals surface area (Å²) in [6.45, 7) is 1.90. The van der Waals surface area contributed by atoms with Crippen molar-refractivity contribution in [2.45, 2.75) is 23.9 Å². The van der Waals surface area contributed by atoms with E-state index in [4.69, 9.17) is 4.42 Å². The van der Waals surface area contributed by atoms with Gasteiger partial charge < -0.3 is 9.73 Å². The topological polar surface area (TPSA) is 97.1 Å². The first-order valence-electron chi connectivity index (χ1n) is 8.40. The maximum atomic E-state index is 13.8. The van der Waals surface area contributed by atoms with Crippen molar-refractivity contribution < 1.29 is 18.4 Å². The molecule has 3 aromatic rings. The number of carbonyl (C=O) groups is 2. The highest BCUT2D eigenvalue weighted by Gasteiger charge is 2.21. The fourth-order valence-electron chi connectivity index (χ4n) is 2.24. The molecule has 0 bridgehead atoms. The summed E-state index contributed by atoms with van der Waals surface area (Å²) in [7, 11) is 0. The summed E-state index contributed by atoms with van der Waals surface area (Å²) in [6, 6.07) is 14.7. The highest BCUT2D eigenvalue weighted by Crippen LogP contribution is 2.27. The van der Waals surface area contributed by atoms with E-state index in [9.17, 15) is 14.0 Å². The Morgan fingerprint density at radius 3 is 2.57 bits per heavy atom. The van der Waals surface area contributed by atoms with Gasteiger partial charge in [0, 0.05) is 6.54 Å². The van der Waals surface area contributed by atoms with Crippen LogP contribution in [0.1, 0.15) is 12.5 Å². The molecule has 0 fully saturated rings. The van der Waals surface area contributed by atoms with E-state index >= 15 is 0 Å². The highest BCUT2D eigenvalue weighted by atomic mass is 32.2. The Bertz CT molecular complexity index is 965. The second-order valence-electron chi connectivity index (χ2n) is 5.77. The van der Waals surface area contributed by atoms with Gasteiger partial charge in [0.1, 0.15) is 5.82 Å². The van der Waals surface area contributed by atoms with Gasteiger partial charge in [-0.05, 0) is 24.6 Å². The normalized spacial score (nSPS) is 11.6. The van der Waals surface area contributed by atoms with Gasteiger partial charge in [-0.15, -0.1) is 10.2 Å². The summed E-state index contributed by atoms with van der Waals surface area (Å²) >= 11 is 0.975. The molecule has 0 unspecified atom stereocenters. The Morgan fingerprint density at radius 1 is 1.11 bits per heavy atom. The van der Waals surface area contributed by atoms with E-state index in [1.165, 1.54) is 12.1 Å². The van der Waals surface area contributed by atoms with Gasteiger partial charge in [0.05, 0.1) is 10.8 Å². The van der Waals surface area contributed by atoms with Crippen LogP contribution in [0.5, 0.6) is 0 Å². The molecule has 144 valence electrons. The van der Waals surface area contributed by atoms with E-state index in [0.717, 1.165) is 17.3 Å². The Morgan fingerprint density at radius 2 is 1.82 bits per heavy atom. The molecule has 0 spiro atoms. The van der Waals surface area contributed by atoms with Crippen LogP contribution >= 0.6 is 11.8 Å². The van der Waals surface area contributed by atoms with Crippen molar-refractivity contribution in [2.75, 3.05) is 0 Å². The minimum atomic E-state index is -0.670. The van der Waals surface area contributed by atoms with Crippen molar-refractivity contribution in [3.05, 3.63) is 66.0 Å². The smallest absolute Gasteiger partial charge is 0.321 e. The Labute approximate surface area is 164 Å². The molecule has 2 N–H and O–H groups in total. The Kier molecular flexibility index (Phi) is 6.38. The summed E-state index contributed by atoms with van der Waals surface area (Å²) in [5, 5.41) is 11.9. The van der Waals surface area contributed by atoms with Gasteiger partial charge in [0.15, 0.2) is 0 Å². The molecule has 0 aliphatic heterocycles. The molecule has 0 saturated heterocycles. The lowest BCUT2D eigenvalue weighted by atomic mass is 10.2. The van der Waals surface area contributed by atoms with E-state index in [2.05, 4.69) is 20.8 Å². The second kappa shape index (κ2) is 9.14. The average Bonchev–Trinajstić information content (AvgIpc) is 3.15. The minimum Gasteiger partial charge on any atom is -0.411 e. The summed E-state index contributed by atoms with van der Waals surface area (Å²) in [4.78, 5) is 24.0. The molecular weight excluding hydrogens is 383 g/mol. The number of carbonyl (C=O) groups excluding carboxylic acids is 2. The quantitative estimate of drug-likeness (QED) is 0.616. The SMILES string of the molecule is C[C@@H](Sc1nnc(-c2ccccc2F)o1)C(=O)NC(=O)NCc1ccccc1. The molecule has 1 aromatic heterocycles. The summed E-state index contributed by atoms with van der Waals surface area (Å²) in [6.07, 6.45) is 0. The van der Waals surface area contributed by atoms with Gasteiger partial charge >= 0.3 is 6.03 Å². The van der Waals surface area contributed by atoms with Crippen LogP contribution in [0, 0.1) is 5.82 Å². The lowest BCUT2D eigenvalue weighted by Crippen LogP contribution is -2.42. The van der Waals surface area contributed by atoms with Crippen molar-refractivity contribution in [3.63, 3.8) is 0 Å². The van der Waals surface area contributed by atoms with Crippen molar-refractivity contribution in [2.24, 2.45) is 0 Å². The minimum absolute atomic E-state index is 0.0220. The first-order chi connectivity index (χ1) is 13.5. The molecule has 7 nitrogen and oxygen atoms in total. The predicted molar refractivity (Wildman–Crippen MR) is 102 cm³/mol. The monoisotopic (exact) mass is 400 g/mol. The van der Waals surface area contributed by atoms with E-state index in [1.54, 1.807) is 19.1 Å². The largest absolute Gasteiger partial charge is 0.411 e. The average molecular weight is 400 g/mol. The maximum absolute atomic E-state index is 13.8. The maximum Gasteiger partial charge on any atom is 0.321 e. The van der Waals surface area contributed by atoms with Crippen LogP contribution in [0.25, 0.3) is 11.5 Å². The molecule has 0 aliphatic rings. The zero-order valence-electron chi connectivity index (χ0n) is 14.9. The third kappa shape index (κ3) is 5.17. The van der Waals surface area contributed by atoms with Crippen LogP contribution in [-0.4, -0.2) is 27.4 Å². The molecular formula is C19H17FN4O3S. The summed E-state index contributed by atoms with van der Waals surface area (Å²) < 4.78 is 19.2. The summed E-state index contributed by atoms with van der Waals surface area (Å²) in [5.41, 5.74) is 1.10. The number of thioether (sulfide) groups is 1. The molecule has 0 radical (unpaired) electrons. The number of imide groups is 1. The number of nitrogens with zero attached hydrogens (tertiary/aromatic N) is 2. The van der Waals surface area contributed by atoms with E-state index in [-0.39, 0.29) is 16.7 Å². The first-order valence-corrected chi connectivity index (χ1v) is 9.28. The highest BCUT2D eigenvalue weighted by molar-refractivity contribution is 8.00. The number of hydrogen-bond donors (Lipinski definition) is 2. The number of halogens is 1. The van der Waals surface area contributed by atoms with Crippen LogP contribution in [0.2, 0.25) is 0 Å². The Balaban J connectivity index is 1.51. The van der Waals surface area contributed by atoms with Crippen LogP contribution in [0.15, 0.2) is 64.2 Å². The standard InChI is InChI=1S/C19H17FN4O3S/c1-12(16(25)22-18(26)21-11-13-7-3-2-4-8-13)28-19-24-23-17(27-19)14-9-5-6-10-15(14)20/h2-10,12H,11H2,1H3,(H2,21,22,25,26)/t12-/m1/s1. The lowest BCUT2D eigenvalue weighted by Gasteiger charge is -2.10. The summed E-state index contributed by atoms with van der Waals surface area (Å²) in [5.74, 6) is -0.974. The van der Waals surface area contributed by atoms with Crippen molar-refractivity contribution >= 4 is 23.7 Å². The number of amides is 3. The number of rotatable bonds is 6. The second-order valence-corrected chi connectivity index (χ2v) is 7.06. The molecule has 3 rings (SSSR count). The molecule has 3 amide bonds. The molecule has 2 aromatic carbocycles. The van der Waals surface area contributed by atoms with Gasteiger partial charge in [-0.3, -0.25) is 10.1 Å². The van der Waals surface area contributed by atoms with Gasteiger partial charge in [-0.2, -0.15) is 0 Å². The van der Waals surface area contributed by atoms with Gasteiger partial charge in [-0.25, -0.2) is 9.18 Å². The van der Waals surface area contributed by atoms with Gasteiger partial charge in [0.25, 0.3) is 11.1 Å². The lowest BCUT2D eigenvalue weighted by molar-refractivity contribution is -0.119. The van der Waals surface area contributed by atoms with Crippen molar-refractivity contribution in [1.29, 1.82) is 0 Å². The molecule has 1 atom stereocenters. The van der Waals surface area contributed by atoms with Crippen LogP contribution < -0.4 is 10.6 Å². The van der Waals surface area contributed by atoms with E-state index < -0.39 is 23.0 Å². The number of hydrogen-bond acceptors (Lipinski definition) is 6. The third-order valence-electron chi connectivity index (χ3n) is 3.69. The zero-order chi connectivity index (χ0) is 19.9. The van der Waals surface area contributed by atoms with Crippen molar-refractivity contribution in [3.8, 4) is 11.5 Å². The van der Waals surface area contributed by atoms with Crippen molar-refractivity contribution in [1.82, 2.24) is 20.8 Å². The molecule has 0 aliphatic carbocycles. The van der Waals surface area contributed by atoms with Crippen LogP contribution in [-0.2, 0) is 11.3 Å². The van der Waals surface area contributed by atoms with E-state index in [1.807, 2.05) is 30.3 Å². The fourth-order valence-corrected chi connectivity index (χ4v) is 2.92. The molecule has 1 heterocycles. The predicted octanol–water partition coefficient (Wildman–Crippen LogP) is 3.38. The van der Waals surface area contributed by atoms with Gasteiger partial charge in [-0.1, -0.05) is 54.2 Å². The Hall–Kier alpha value is -3.20. The zero-order valence-corrected chi connectivity index (χ0v) is 15.7. The van der Waals surface area contributed by atoms with Crippen LogP contribution in [0.4, 0.5) is 9.18 Å². The fraction of sp³-hybridized carbons (Fsp3) is 0.158.